The van der Waals surface area contributed by atoms with Crippen LogP contribution in [0.4, 0.5) is 0 Å². The van der Waals surface area contributed by atoms with Crippen LogP contribution in [-0.2, 0) is 11.2 Å². The fraction of sp³-hybridized carbons (Fsp3) is 0.500. The zero-order valence-electron chi connectivity index (χ0n) is 9.61. The molecule has 0 radical (unpaired) electrons. The van der Waals surface area contributed by atoms with Crippen LogP contribution in [0.3, 0.4) is 0 Å². The molecule has 86 valence electrons. The Morgan fingerprint density at radius 2 is 2.12 bits per heavy atom. The number of carbonyl (C=O) groups excluding carboxylic acids is 1. The number of benzene rings is 1. The quantitative estimate of drug-likeness (QED) is 0.820. The van der Waals surface area contributed by atoms with Crippen molar-refractivity contribution in [1.29, 1.82) is 0 Å². The molecule has 0 amide bonds. The summed E-state index contributed by atoms with van der Waals surface area (Å²) in [6, 6.07) is 10.5. The van der Waals surface area contributed by atoms with Gasteiger partial charge >= 0.3 is 0 Å². The summed E-state index contributed by atoms with van der Waals surface area (Å²) in [5, 5.41) is 3.26. The summed E-state index contributed by atoms with van der Waals surface area (Å²) in [6.45, 7) is 1.01. The number of hydrogen-bond acceptors (Lipinski definition) is 2. The molecule has 0 saturated carbocycles. The number of aryl methyl sites for hydroxylation is 1. The van der Waals surface area contributed by atoms with Gasteiger partial charge in [-0.1, -0.05) is 30.3 Å². The molecule has 16 heavy (non-hydrogen) atoms. The molecule has 2 nitrogen and oxygen atoms in total. The van der Waals surface area contributed by atoms with Crippen molar-refractivity contribution in [2.75, 3.05) is 6.54 Å². The molecule has 2 rings (SSSR count). The molecule has 1 aromatic carbocycles. The molecule has 0 bridgehead atoms. The van der Waals surface area contributed by atoms with E-state index in [1.165, 1.54) is 5.56 Å². The predicted octanol–water partition coefficient (Wildman–Crippen LogP) is 2.33. The van der Waals surface area contributed by atoms with Crippen LogP contribution in [-0.4, -0.2) is 18.4 Å². The van der Waals surface area contributed by atoms with Gasteiger partial charge < -0.3 is 5.32 Å². The third kappa shape index (κ3) is 3.17. The third-order valence-corrected chi connectivity index (χ3v) is 3.18. The lowest BCUT2D eigenvalue weighted by Gasteiger charge is -2.08. The molecule has 2 heteroatoms. The average Bonchev–Trinajstić information content (AvgIpc) is 2.84. The number of rotatable bonds is 5. The lowest BCUT2D eigenvalue weighted by atomic mass is 10.0. The first-order valence-electron chi connectivity index (χ1n) is 6.16. The second-order valence-corrected chi connectivity index (χ2v) is 4.45. The summed E-state index contributed by atoms with van der Waals surface area (Å²) < 4.78 is 0. The average molecular weight is 217 g/mol. The fourth-order valence-corrected chi connectivity index (χ4v) is 2.25. The van der Waals surface area contributed by atoms with E-state index in [-0.39, 0.29) is 6.04 Å². The predicted molar refractivity (Wildman–Crippen MR) is 65.4 cm³/mol. The summed E-state index contributed by atoms with van der Waals surface area (Å²) >= 11 is 0. The summed E-state index contributed by atoms with van der Waals surface area (Å²) in [7, 11) is 0. The van der Waals surface area contributed by atoms with Crippen molar-refractivity contribution in [2.45, 2.75) is 38.1 Å². The fourth-order valence-electron chi connectivity index (χ4n) is 2.25. The van der Waals surface area contributed by atoms with Gasteiger partial charge in [0, 0.05) is 6.42 Å². The molecule has 0 aliphatic carbocycles. The molecule has 1 atom stereocenters. The number of hydrogen-bond donors (Lipinski definition) is 1. The van der Waals surface area contributed by atoms with Crippen molar-refractivity contribution in [3.8, 4) is 0 Å². The van der Waals surface area contributed by atoms with Crippen molar-refractivity contribution >= 4 is 5.78 Å². The van der Waals surface area contributed by atoms with E-state index in [9.17, 15) is 4.79 Å². The van der Waals surface area contributed by atoms with Crippen molar-refractivity contribution in [1.82, 2.24) is 5.32 Å². The molecule has 1 saturated heterocycles. The van der Waals surface area contributed by atoms with Crippen molar-refractivity contribution in [2.24, 2.45) is 0 Å². The van der Waals surface area contributed by atoms with Crippen LogP contribution < -0.4 is 5.32 Å². The largest absolute Gasteiger partial charge is 0.307 e. The van der Waals surface area contributed by atoms with Gasteiger partial charge in [-0.15, -0.1) is 0 Å². The lowest BCUT2D eigenvalue weighted by Crippen LogP contribution is -2.30. The van der Waals surface area contributed by atoms with E-state index in [2.05, 4.69) is 29.6 Å². The van der Waals surface area contributed by atoms with E-state index in [4.69, 9.17) is 0 Å². The molecule has 1 unspecified atom stereocenters. The van der Waals surface area contributed by atoms with Gasteiger partial charge in [-0.25, -0.2) is 0 Å². The van der Waals surface area contributed by atoms with Crippen LogP contribution in [0.25, 0.3) is 0 Å². The van der Waals surface area contributed by atoms with Gasteiger partial charge in [-0.3, -0.25) is 4.79 Å². The van der Waals surface area contributed by atoms with Gasteiger partial charge in [0.05, 0.1) is 6.04 Å². The number of ketones is 1. The Bertz CT molecular complexity index is 328. The molecule has 1 heterocycles. The first-order valence-corrected chi connectivity index (χ1v) is 6.16. The maximum absolute atomic E-state index is 11.8. The Morgan fingerprint density at radius 3 is 2.81 bits per heavy atom. The normalized spacial score (nSPS) is 19.9. The van der Waals surface area contributed by atoms with Crippen molar-refractivity contribution in [3.63, 3.8) is 0 Å². The molecule has 0 aromatic heterocycles. The van der Waals surface area contributed by atoms with Crippen LogP contribution in [0, 0.1) is 0 Å². The number of carbonyl (C=O) groups is 1. The Labute approximate surface area is 97.1 Å². The maximum Gasteiger partial charge on any atom is 0.149 e. The maximum atomic E-state index is 11.8. The van der Waals surface area contributed by atoms with Crippen LogP contribution >= 0.6 is 0 Å². The third-order valence-electron chi connectivity index (χ3n) is 3.18. The molecule has 1 N–H and O–H groups in total. The lowest BCUT2D eigenvalue weighted by molar-refractivity contribution is -0.120. The van der Waals surface area contributed by atoms with Crippen LogP contribution in [0.5, 0.6) is 0 Å². The van der Waals surface area contributed by atoms with Gasteiger partial charge in [0.2, 0.25) is 0 Å². The Hall–Kier alpha value is -1.15. The van der Waals surface area contributed by atoms with E-state index >= 15 is 0 Å². The summed E-state index contributed by atoms with van der Waals surface area (Å²) in [4.78, 5) is 11.8. The monoisotopic (exact) mass is 217 g/mol. The minimum atomic E-state index is 0.149. The summed E-state index contributed by atoms with van der Waals surface area (Å²) in [5.41, 5.74) is 1.33. The first-order chi connectivity index (χ1) is 7.86. The molecular formula is C14H19NO. The van der Waals surface area contributed by atoms with Crippen LogP contribution in [0.2, 0.25) is 0 Å². The van der Waals surface area contributed by atoms with E-state index in [0.717, 1.165) is 32.2 Å². The Balaban J connectivity index is 1.70. The van der Waals surface area contributed by atoms with E-state index in [1.807, 2.05) is 6.07 Å². The zero-order chi connectivity index (χ0) is 11.2. The topological polar surface area (TPSA) is 29.1 Å². The van der Waals surface area contributed by atoms with Gasteiger partial charge in [-0.05, 0) is 37.8 Å². The van der Waals surface area contributed by atoms with E-state index < -0.39 is 0 Å². The summed E-state index contributed by atoms with van der Waals surface area (Å²) in [6.07, 6.45) is 4.88. The van der Waals surface area contributed by atoms with Gasteiger partial charge in [0.25, 0.3) is 0 Å². The number of nitrogens with one attached hydrogen (secondary N) is 1. The van der Waals surface area contributed by atoms with Gasteiger partial charge in [-0.2, -0.15) is 0 Å². The molecule has 0 spiro atoms. The first kappa shape index (κ1) is 11.3. The molecule has 1 aliphatic heterocycles. The standard InChI is InChI=1S/C14H19NO/c16-14(13-9-5-11-15-13)10-4-8-12-6-2-1-3-7-12/h1-3,6-7,13,15H,4-5,8-11H2. The van der Waals surface area contributed by atoms with Gasteiger partial charge in [0.15, 0.2) is 0 Å². The minimum absolute atomic E-state index is 0.149. The van der Waals surface area contributed by atoms with Crippen molar-refractivity contribution in [3.05, 3.63) is 35.9 Å². The highest BCUT2D eigenvalue weighted by Crippen LogP contribution is 2.11. The molecule has 1 aliphatic rings. The molecular weight excluding hydrogens is 198 g/mol. The molecule has 1 aromatic rings. The SMILES string of the molecule is O=C(CCCc1ccccc1)C1CCCN1. The van der Waals surface area contributed by atoms with Gasteiger partial charge in [0.1, 0.15) is 5.78 Å². The Morgan fingerprint density at radius 1 is 1.31 bits per heavy atom. The second kappa shape index (κ2) is 5.80. The van der Waals surface area contributed by atoms with E-state index in [1.54, 1.807) is 0 Å². The second-order valence-electron chi connectivity index (χ2n) is 4.45. The Kier molecular flexibility index (Phi) is 4.11. The van der Waals surface area contributed by atoms with E-state index in [0.29, 0.717) is 12.2 Å². The highest BCUT2D eigenvalue weighted by molar-refractivity contribution is 5.84. The molecule has 1 fully saturated rings. The highest BCUT2D eigenvalue weighted by Gasteiger charge is 2.20. The zero-order valence-corrected chi connectivity index (χ0v) is 9.61. The smallest absolute Gasteiger partial charge is 0.149 e. The minimum Gasteiger partial charge on any atom is -0.307 e. The number of Topliss-reactive ketones (excluding diaryl/α,β-unsaturated/α-hetero) is 1. The van der Waals surface area contributed by atoms with Crippen LogP contribution in [0.15, 0.2) is 30.3 Å². The van der Waals surface area contributed by atoms with Crippen molar-refractivity contribution < 1.29 is 4.79 Å². The summed E-state index contributed by atoms with van der Waals surface area (Å²) in [5.74, 6) is 0.397. The van der Waals surface area contributed by atoms with Crippen LogP contribution in [0.1, 0.15) is 31.2 Å². The highest BCUT2D eigenvalue weighted by atomic mass is 16.1.